The van der Waals surface area contributed by atoms with Gasteiger partial charge in [-0.1, -0.05) is 18.2 Å². The number of ketones is 1. The summed E-state index contributed by atoms with van der Waals surface area (Å²) in [5, 5.41) is 8.82. The lowest BCUT2D eigenvalue weighted by Crippen LogP contribution is -2.22. The van der Waals surface area contributed by atoms with Crippen LogP contribution < -0.4 is 0 Å². The highest BCUT2D eigenvalue weighted by atomic mass is 16.4. The lowest BCUT2D eigenvalue weighted by molar-refractivity contribution is -0.135. The molecule has 1 N–H and O–H groups in total. The van der Waals surface area contributed by atoms with Crippen LogP contribution in [0.2, 0.25) is 0 Å². The molecular weight excluding hydrogens is 180 g/mol. The molecule has 0 spiro atoms. The summed E-state index contributed by atoms with van der Waals surface area (Å²) in [5.74, 6) is -0.403. The summed E-state index contributed by atoms with van der Waals surface area (Å²) in [6.45, 7) is 0. The van der Waals surface area contributed by atoms with E-state index in [1.54, 1.807) is 6.08 Å². The molecule has 3 rings (SSSR count). The van der Waals surface area contributed by atoms with Crippen molar-refractivity contribution in [3.8, 4) is 0 Å². The minimum absolute atomic E-state index is 0.0124. The number of hydrogen-bond donors (Lipinski definition) is 1. The summed E-state index contributed by atoms with van der Waals surface area (Å²) in [7, 11) is 0. The normalized spacial score (nSPS) is 42.9. The van der Waals surface area contributed by atoms with E-state index in [1.807, 2.05) is 0 Å². The maximum atomic E-state index is 11.7. The van der Waals surface area contributed by atoms with Crippen LogP contribution in [0.15, 0.2) is 23.8 Å². The van der Waals surface area contributed by atoms with E-state index in [0.717, 1.165) is 6.42 Å². The Morgan fingerprint density at radius 3 is 2.71 bits per heavy atom. The Hall–Kier alpha value is -1.38. The molecule has 0 amide bonds. The summed E-state index contributed by atoms with van der Waals surface area (Å²) in [6, 6.07) is 0. The summed E-state index contributed by atoms with van der Waals surface area (Å²) in [6.07, 6.45) is 6.90. The van der Waals surface area contributed by atoms with Gasteiger partial charge in [-0.2, -0.15) is 0 Å². The maximum absolute atomic E-state index is 11.7. The van der Waals surface area contributed by atoms with E-state index in [1.165, 1.54) is 0 Å². The van der Waals surface area contributed by atoms with Crippen LogP contribution in [0.5, 0.6) is 0 Å². The van der Waals surface area contributed by atoms with Gasteiger partial charge < -0.3 is 5.11 Å². The van der Waals surface area contributed by atoms with Gasteiger partial charge in [0.25, 0.3) is 0 Å². The van der Waals surface area contributed by atoms with E-state index < -0.39 is 5.97 Å². The topological polar surface area (TPSA) is 54.4 Å². The average Bonchev–Trinajstić information content (AvgIpc) is 2.75. The molecule has 4 atom stereocenters. The molecule has 0 unspecified atom stereocenters. The fourth-order valence-electron chi connectivity index (χ4n) is 3.09. The molecule has 0 radical (unpaired) electrons. The van der Waals surface area contributed by atoms with Gasteiger partial charge in [-0.3, -0.25) is 4.79 Å². The Morgan fingerprint density at radius 2 is 2.07 bits per heavy atom. The second-order valence-corrected chi connectivity index (χ2v) is 4.30. The van der Waals surface area contributed by atoms with Crippen LogP contribution in [0, 0.1) is 23.7 Å². The van der Waals surface area contributed by atoms with E-state index in [4.69, 9.17) is 5.11 Å². The molecule has 0 aliphatic heterocycles. The number of carboxylic acid groups (broad SMARTS) is 1. The van der Waals surface area contributed by atoms with Crippen LogP contribution >= 0.6 is 0 Å². The van der Waals surface area contributed by atoms with E-state index >= 15 is 0 Å². The number of fused-ring (bicyclic) bond motifs is 5. The van der Waals surface area contributed by atoms with Crippen molar-refractivity contribution in [2.45, 2.75) is 6.42 Å². The van der Waals surface area contributed by atoms with Gasteiger partial charge >= 0.3 is 5.97 Å². The summed E-state index contributed by atoms with van der Waals surface area (Å²) < 4.78 is 0. The van der Waals surface area contributed by atoms with E-state index in [0.29, 0.717) is 11.8 Å². The Bertz CT molecular complexity index is 391. The predicted molar refractivity (Wildman–Crippen MR) is 48.4 cm³/mol. The van der Waals surface area contributed by atoms with Gasteiger partial charge in [0.05, 0.1) is 5.57 Å². The summed E-state index contributed by atoms with van der Waals surface area (Å²) >= 11 is 0. The van der Waals surface area contributed by atoms with Crippen LogP contribution in [-0.4, -0.2) is 16.9 Å². The molecule has 3 aliphatic rings. The number of carbonyl (C=O) groups is 2. The molecule has 0 aromatic carbocycles. The van der Waals surface area contributed by atoms with Crippen molar-refractivity contribution < 1.29 is 14.7 Å². The fraction of sp³-hybridized carbons (Fsp3) is 0.455. The van der Waals surface area contributed by atoms with Crippen molar-refractivity contribution in [1.29, 1.82) is 0 Å². The third-order valence-corrected chi connectivity index (χ3v) is 3.68. The van der Waals surface area contributed by atoms with Crippen molar-refractivity contribution in [1.82, 2.24) is 0 Å². The molecule has 0 aromatic heterocycles. The minimum atomic E-state index is -1.07. The lowest BCUT2D eigenvalue weighted by atomic mass is 9.85. The standard InChI is InChI=1S/C11H10O3/c12-10-8(11(13)14)4-7-5-1-2-6(3-5)9(7)10/h1-2,4-7,9H,3H2,(H,13,14)/t5-,6+,7-,9+/m0/s1. The number of carbonyl (C=O) groups excluding carboxylic acids is 1. The van der Waals surface area contributed by atoms with Crippen LogP contribution in [-0.2, 0) is 9.59 Å². The SMILES string of the molecule is O=C(O)C1=C[C@@H]2[C@H](C1=O)[C@@H]1C=C[C@H]2C1. The highest BCUT2D eigenvalue weighted by molar-refractivity contribution is 6.19. The van der Waals surface area contributed by atoms with Gasteiger partial charge in [-0.15, -0.1) is 0 Å². The number of hydrogen-bond acceptors (Lipinski definition) is 2. The second-order valence-electron chi connectivity index (χ2n) is 4.30. The molecule has 3 nitrogen and oxygen atoms in total. The first-order valence-electron chi connectivity index (χ1n) is 4.86. The van der Waals surface area contributed by atoms with Crippen molar-refractivity contribution in [2.24, 2.45) is 23.7 Å². The zero-order valence-corrected chi connectivity index (χ0v) is 7.51. The third kappa shape index (κ3) is 0.775. The smallest absolute Gasteiger partial charge is 0.339 e. The molecule has 3 aliphatic carbocycles. The van der Waals surface area contributed by atoms with Crippen LogP contribution in [0.3, 0.4) is 0 Å². The first kappa shape index (κ1) is 7.97. The van der Waals surface area contributed by atoms with Gasteiger partial charge in [0.2, 0.25) is 0 Å². The highest BCUT2D eigenvalue weighted by Crippen LogP contribution is 2.52. The van der Waals surface area contributed by atoms with Crippen molar-refractivity contribution in [3.63, 3.8) is 0 Å². The molecule has 1 saturated carbocycles. The predicted octanol–water partition coefficient (Wildman–Crippen LogP) is 1.02. The number of carboxylic acids is 1. The summed E-state index contributed by atoms with van der Waals surface area (Å²) in [4.78, 5) is 22.5. The molecule has 2 bridgehead atoms. The largest absolute Gasteiger partial charge is 0.478 e. The second kappa shape index (κ2) is 2.35. The van der Waals surface area contributed by atoms with Gasteiger partial charge in [-0.05, 0) is 24.2 Å². The highest BCUT2D eigenvalue weighted by Gasteiger charge is 2.52. The average molecular weight is 190 g/mol. The number of aliphatic carboxylic acids is 1. The van der Waals surface area contributed by atoms with E-state index in [2.05, 4.69) is 12.2 Å². The van der Waals surface area contributed by atoms with Crippen molar-refractivity contribution in [2.75, 3.05) is 0 Å². The molecule has 72 valence electrons. The number of allylic oxidation sites excluding steroid dienone is 3. The van der Waals surface area contributed by atoms with Gasteiger partial charge in [-0.25, -0.2) is 4.79 Å². The Morgan fingerprint density at radius 1 is 1.36 bits per heavy atom. The zero-order chi connectivity index (χ0) is 9.87. The molecule has 0 heterocycles. The Kier molecular flexibility index (Phi) is 1.34. The molecule has 14 heavy (non-hydrogen) atoms. The quantitative estimate of drug-likeness (QED) is 0.496. The first-order chi connectivity index (χ1) is 6.68. The number of Topliss-reactive ketones (excluding diaryl/α,β-unsaturated/α-hetero) is 1. The van der Waals surface area contributed by atoms with Crippen molar-refractivity contribution >= 4 is 11.8 Å². The fourth-order valence-corrected chi connectivity index (χ4v) is 3.09. The molecule has 1 fully saturated rings. The Balaban J connectivity index is 2.02. The molecule has 0 aromatic rings. The number of rotatable bonds is 1. The monoisotopic (exact) mass is 190 g/mol. The Labute approximate surface area is 81.1 Å². The van der Waals surface area contributed by atoms with Gasteiger partial charge in [0.1, 0.15) is 0 Å². The lowest BCUT2D eigenvalue weighted by Gasteiger charge is -2.17. The first-order valence-corrected chi connectivity index (χ1v) is 4.86. The van der Waals surface area contributed by atoms with Crippen LogP contribution in [0.1, 0.15) is 6.42 Å². The molecular formula is C11H10O3. The van der Waals surface area contributed by atoms with Gasteiger partial charge in [0, 0.05) is 5.92 Å². The van der Waals surface area contributed by atoms with Crippen LogP contribution in [0.4, 0.5) is 0 Å². The third-order valence-electron chi connectivity index (χ3n) is 3.68. The summed E-state index contributed by atoms with van der Waals surface area (Å²) in [5.41, 5.74) is 0.0124. The van der Waals surface area contributed by atoms with Crippen molar-refractivity contribution in [3.05, 3.63) is 23.8 Å². The van der Waals surface area contributed by atoms with E-state index in [-0.39, 0.29) is 23.2 Å². The molecule has 0 saturated heterocycles. The van der Waals surface area contributed by atoms with Crippen LogP contribution in [0.25, 0.3) is 0 Å². The minimum Gasteiger partial charge on any atom is -0.478 e. The van der Waals surface area contributed by atoms with E-state index in [9.17, 15) is 9.59 Å². The van der Waals surface area contributed by atoms with Gasteiger partial charge in [0.15, 0.2) is 5.78 Å². The zero-order valence-electron chi connectivity index (χ0n) is 7.51. The maximum Gasteiger partial charge on any atom is 0.339 e. The molecule has 3 heteroatoms.